The molecule has 1 saturated heterocycles. The highest BCUT2D eigenvalue weighted by Crippen LogP contribution is 1.92. The van der Waals surface area contributed by atoms with E-state index in [0.717, 1.165) is 4.90 Å². The normalized spacial score (nSPS) is 22.7. The summed E-state index contributed by atoms with van der Waals surface area (Å²) in [5.74, 6) is -0.111. The molecule has 4 nitrogen and oxygen atoms in total. The molecule has 0 saturated carbocycles. The van der Waals surface area contributed by atoms with Gasteiger partial charge in [-0.2, -0.15) is 0 Å². The highest BCUT2D eigenvalue weighted by atomic mass is 79.9. The molecule has 0 aliphatic carbocycles. The van der Waals surface area contributed by atoms with Crippen LogP contribution in [0, 0.1) is 0 Å². The van der Waals surface area contributed by atoms with Crippen molar-refractivity contribution in [2.75, 3.05) is 7.05 Å². The van der Waals surface area contributed by atoms with Gasteiger partial charge in [-0.3, -0.25) is 10.1 Å². The van der Waals surface area contributed by atoms with Gasteiger partial charge in [0.25, 0.3) is 5.91 Å². The first kappa shape index (κ1) is 13.6. The van der Waals surface area contributed by atoms with E-state index >= 15 is 0 Å². The molecule has 1 heterocycles. The van der Waals surface area contributed by atoms with Crippen LogP contribution in [0.1, 0.15) is 6.92 Å². The second-order valence-corrected chi connectivity index (χ2v) is 2.19. The van der Waals surface area contributed by atoms with Crippen LogP contribution in [0.4, 0.5) is 4.79 Å². The Labute approximate surface area is 85.9 Å². The number of hydrogen-bond donors (Lipinski definition) is 1. The summed E-state index contributed by atoms with van der Waals surface area (Å²) in [5.41, 5.74) is 0. The van der Waals surface area contributed by atoms with Crippen LogP contribution in [0.25, 0.3) is 0 Å². The average molecular weight is 289 g/mol. The van der Waals surface area contributed by atoms with Crippen LogP contribution >= 0.6 is 0 Å². The maximum atomic E-state index is 10.8. The van der Waals surface area contributed by atoms with Crippen LogP contribution in [0.15, 0.2) is 0 Å². The van der Waals surface area contributed by atoms with E-state index in [1.807, 2.05) is 0 Å². The topological polar surface area (TPSA) is 54.0 Å². The first-order chi connectivity index (χ1) is 4.13. The molecule has 0 aromatic heterocycles. The molecule has 11 heavy (non-hydrogen) atoms. The van der Waals surface area contributed by atoms with Crippen LogP contribution in [-0.4, -0.2) is 29.9 Å². The zero-order valence-corrected chi connectivity index (χ0v) is 9.35. The van der Waals surface area contributed by atoms with Crippen molar-refractivity contribution in [2.24, 2.45) is 0 Å². The monoisotopic (exact) mass is 287 g/mol. The molecule has 1 atom stereocenters. The molecule has 0 aromatic carbocycles. The number of nitrogens with zero attached hydrogens (tertiary/aromatic N) is 1. The van der Waals surface area contributed by atoms with Gasteiger partial charge in [-0.1, -0.05) is 0 Å². The molecule has 0 spiro atoms. The number of likely N-dealkylation sites (N-methyl/N-ethyl adjacent to an activating group) is 1. The number of hydrogen-bond acceptors (Lipinski definition) is 2. The molecule has 1 rings (SSSR count). The Morgan fingerprint density at radius 1 is 1.36 bits per heavy atom. The maximum absolute atomic E-state index is 10.8. The third-order valence-electron chi connectivity index (χ3n) is 1.44. The zero-order valence-electron chi connectivity index (χ0n) is 6.17. The molecule has 0 aromatic rings. The van der Waals surface area contributed by atoms with Crippen molar-refractivity contribution < 1.29 is 48.9 Å². The largest absolute Gasteiger partial charge is 1.00 e. The van der Waals surface area contributed by atoms with Crippen molar-refractivity contribution >= 4 is 11.9 Å². The van der Waals surface area contributed by atoms with Crippen LogP contribution < -0.4 is 39.3 Å². The van der Waals surface area contributed by atoms with Gasteiger partial charge in [0.15, 0.2) is 6.04 Å². The number of carbonyl (C=O) groups is 2. The molecule has 1 aliphatic heterocycles. The van der Waals surface area contributed by atoms with Gasteiger partial charge in [-0.15, -0.1) is 0 Å². The summed E-state index contributed by atoms with van der Waals surface area (Å²) >= 11 is 0. The van der Waals surface area contributed by atoms with E-state index in [9.17, 15) is 9.59 Å². The lowest BCUT2D eigenvalue weighted by Crippen LogP contribution is -3.00. The fourth-order valence-electron chi connectivity index (χ4n) is 0.811. The lowest BCUT2D eigenvalue weighted by molar-refractivity contribution is -0.568. The fraction of sp³-hybridized carbons (Fsp3) is 0.600. The van der Waals surface area contributed by atoms with Gasteiger partial charge >= 0.3 is 6.03 Å². The van der Waals surface area contributed by atoms with E-state index in [2.05, 4.69) is 0 Å². The Hall–Kier alpha value is 0.0600. The van der Waals surface area contributed by atoms with Crippen LogP contribution in [0.2, 0.25) is 0 Å². The number of nitrogens with two attached hydrogens (primary N) is 1. The van der Waals surface area contributed by atoms with Crippen molar-refractivity contribution in [2.45, 2.75) is 13.0 Å². The Balaban J connectivity index is 0. The maximum Gasteiger partial charge on any atom is 0.423 e. The van der Waals surface area contributed by atoms with Gasteiger partial charge in [0, 0.05) is 7.05 Å². The molecule has 2 N–H and O–H groups in total. The number of quaternary nitrogens is 1. The van der Waals surface area contributed by atoms with Crippen molar-refractivity contribution in [1.82, 2.24) is 4.90 Å². The molecule has 0 radical (unpaired) electrons. The van der Waals surface area contributed by atoms with E-state index in [-0.39, 0.29) is 51.9 Å². The predicted octanol–water partition coefficient (Wildman–Crippen LogP) is -7.46. The number of rotatable bonds is 0. The van der Waals surface area contributed by atoms with Gasteiger partial charge in [0.05, 0.1) is 0 Å². The fourth-order valence-corrected chi connectivity index (χ4v) is 0.811. The molecular formula is C5H9Br2N2O2-. The van der Waals surface area contributed by atoms with E-state index in [4.69, 9.17) is 0 Å². The summed E-state index contributed by atoms with van der Waals surface area (Å²) in [5, 5.41) is 1.42. The number of imide groups is 1. The summed E-state index contributed by atoms with van der Waals surface area (Å²) < 4.78 is 0. The van der Waals surface area contributed by atoms with Crippen molar-refractivity contribution in [3.8, 4) is 0 Å². The van der Waals surface area contributed by atoms with Gasteiger partial charge in [0.2, 0.25) is 0 Å². The zero-order chi connectivity index (χ0) is 7.02. The van der Waals surface area contributed by atoms with E-state index in [0.29, 0.717) is 0 Å². The van der Waals surface area contributed by atoms with Crippen molar-refractivity contribution in [1.29, 1.82) is 0 Å². The highest BCUT2D eigenvalue weighted by Gasteiger charge is 2.36. The minimum atomic E-state index is -0.220. The Morgan fingerprint density at radius 2 is 1.82 bits per heavy atom. The summed E-state index contributed by atoms with van der Waals surface area (Å²) in [6.07, 6.45) is 0. The highest BCUT2D eigenvalue weighted by molar-refractivity contribution is 5.96. The number of amides is 3. The molecule has 0 bridgehead atoms. The second kappa shape index (κ2) is 4.84. The van der Waals surface area contributed by atoms with E-state index in [1.165, 1.54) is 12.4 Å². The Morgan fingerprint density at radius 3 is 1.91 bits per heavy atom. The predicted molar refractivity (Wildman–Crippen MR) is 29.6 cm³/mol. The number of halogens is 2. The third-order valence-corrected chi connectivity index (χ3v) is 1.44. The van der Waals surface area contributed by atoms with E-state index in [1.54, 1.807) is 6.92 Å². The van der Waals surface area contributed by atoms with E-state index < -0.39 is 0 Å². The first-order valence-corrected chi connectivity index (χ1v) is 2.79. The molecule has 66 valence electrons. The van der Waals surface area contributed by atoms with Crippen LogP contribution in [0.5, 0.6) is 0 Å². The molecule has 3 amide bonds. The second-order valence-electron chi connectivity index (χ2n) is 2.19. The van der Waals surface area contributed by atoms with Crippen LogP contribution in [-0.2, 0) is 4.79 Å². The van der Waals surface area contributed by atoms with Gasteiger partial charge in [-0.25, -0.2) is 9.69 Å². The standard InChI is InChI=1S/C5H8N2O2.2BrH/c1-3-4(8)7(2)5(9)6-3;;/h3H,1-2H3,(H,6,9);2*1H/p-1. The van der Waals surface area contributed by atoms with Crippen molar-refractivity contribution in [3.63, 3.8) is 0 Å². The van der Waals surface area contributed by atoms with Gasteiger partial charge in [-0.05, 0) is 6.92 Å². The summed E-state index contributed by atoms with van der Waals surface area (Å²) in [6, 6.07) is -0.407. The molecule has 6 heteroatoms. The molecule has 1 aliphatic rings. The molecule has 1 unspecified atom stereocenters. The quantitative estimate of drug-likeness (QED) is 0.451. The lowest BCUT2D eigenvalue weighted by Gasteiger charge is -1.96. The lowest BCUT2D eigenvalue weighted by atomic mass is 10.3. The molecule has 1 fully saturated rings. The Kier molecular flexibility index (Phi) is 6.00. The smallest absolute Gasteiger partial charge is 0.423 e. The summed E-state index contributed by atoms with van der Waals surface area (Å²) in [7, 11) is 1.49. The number of urea groups is 1. The Bertz CT molecular complexity index is 174. The minimum Gasteiger partial charge on any atom is -1.00 e. The summed E-state index contributed by atoms with van der Waals surface area (Å²) in [6.45, 7) is 1.71. The van der Waals surface area contributed by atoms with Gasteiger partial charge < -0.3 is 34.0 Å². The average Bonchev–Trinajstić information content (AvgIpc) is 1.98. The van der Waals surface area contributed by atoms with Crippen LogP contribution in [0.3, 0.4) is 0 Å². The SMILES string of the molecule is CC1[NH2+]C(=O)N(C)C1=O.[Br-].[Br-]. The molecular weight excluding hydrogens is 280 g/mol. The number of primary amides is 1. The first-order valence-electron chi connectivity index (χ1n) is 2.79. The minimum absolute atomic E-state index is 0. The van der Waals surface area contributed by atoms with Gasteiger partial charge in [0.1, 0.15) is 0 Å². The van der Waals surface area contributed by atoms with Crippen molar-refractivity contribution in [3.05, 3.63) is 0 Å². The summed E-state index contributed by atoms with van der Waals surface area (Å²) in [4.78, 5) is 22.6. The number of carbonyl (C=O) groups excluding carboxylic acids is 2. The third kappa shape index (κ3) is 2.53.